The number of hydrogen-bond donors (Lipinski definition) is 0. The molecule has 2 heteroatoms. The predicted molar refractivity (Wildman–Crippen MR) is 126 cm³/mol. The molecule has 0 heterocycles. The van der Waals surface area contributed by atoms with Crippen LogP contribution >= 0.6 is 0 Å². The second-order valence-corrected chi connectivity index (χ2v) is 10.2. The maximum absolute atomic E-state index is 12.7. The molecule has 2 aliphatic rings. The van der Waals surface area contributed by atoms with Crippen LogP contribution in [-0.2, 0) is 5.21 Å². The van der Waals surface area contributed by atoms with Crippen molar-refractivity contribution in [3.05, 3.63) is 71.3 Å². The SMILES string of the molecule is CC(C)(C)N([O])c1ccc(C(=C2C3CCCCC2CCCC3)c2ccccc2)cc1. The van der Waals surface area contributed by atoms with Crippen molar-refractivity contribution in [1.29, 1.82) is 0 Å². The molecular formula is C28H36NO. The molecule has 1 radical (unpaired) electrons. The summed E-state index contributed by atoms with van der Waals surface area (Å²) >= 11 is 0. The highest BCUT2D eigenvalue weighted by molar-refractivity contribution is 5.83. The summed E-state index contributed by atoms with van der Waals surface area (Å²) in [5, 5.41) is 13.8. The molecule has 0 unspecified atom stereocenters. The lowest BCUT2D eigenvalue weighted by Crippen LogP contribution is -2.37. The minimum absolute atomic E-state index is 0.432. The number of hydrogen-bond acceptors (Lipinski definition) is 1. The van der Waals surface area contributed by atoms with Gasteiger partial charge >= 0.3 is 0 Å². The molecule has 0 aliphatic heterocycles. The Hall–Kier alpha value is -2.06. The van der Waals surface area contributed by atoms with Crippen LogP contribution in [0.25, 0.3) is 5.57 Å². The zero-order valence-corrected chi connectivity index (χ0v) is 18.9. The van der Waals surface area contributed by atoms with Gasteiger partial charge in [-0.05, 0) is 87.1 Å². The van der Waals surface area contributed by atoms with Crippen LogP contribution < -0.4 is 5.06 Å². The highest BCUT2D eigenvalue weighted by atomic mass is 16.5. The summed E-state index contributed by atoms with van der Waals surface area (Å²) in [7, 11) is 0. The molecule has 2 aliphatic carbocycles. The van der Waals surface area contributed by atoms with Gasteiger partial charge in [-0.3, -0.25) is 0 Å². The summed E-state index contributed by atoms with van der Waals surface area (Å²) in [6.45, 7) is 5.88. The predicted octanol–water partition coefficient (Wildman–Crippen LogP) is 7.82. The molecule has 0 aromatic heterocycles. The van der Waals surface area contributed by atoms with Crippen molar-refractivity contribution in [2.75, 3.05) is 5.06 Å². The summed E-state index contributed by atoms with van der Waals surface area (Å²) in [6.07, 6.45) is 10.8. The Balaban J connectivity index is 1.84. The van der Waals surface area contributed by atoms with Gasteiger partial charge < -0.3 is 0 Å². The molecule has 0 saturated heterocycles. The number of benzene rings is 2. The first-order valence-electron chi connectivity index (χ1n) is 11.8. The molecular weight excluding hydrogens is 366 g/mol. The van der Waals surface area contributed by atoms with Gasteiger partial charge in [0.05, 0.1) is 11.2 Å². The maximum Gasteiger partial charge on any atom is 0.0674 e. The molecule has 2 bridgehead atoms. The third-order valence-corrected chi connectivity index (χ3v) is 6.94. The fraction of sp³-hybridized carbons (Fsp3) is 0.500. The third-order valence-electron chi connectivity index (χ3n) is 6.94. The average Bonchev–Trinajstić information content (AvgIpc) is 3.07. The normalized spacial score (nSPS) is 22.2. The number of nitrogens with zero attached hydrogens (tertiary/aromatic N) is 1. The van der Waals surface area contributed by atoms with Crippen LogP contribution in [0, 0.1) is 11.8 Å². The highest BCUT2D eigenvalue weighted by Crippen LogP contribution is 2.46. The van der Waals surface area contributed by atoms with Crippen molar-refractivity contribution in [2.24, 2.45) is 11.8 Å². The largest absolute Gasteiger partial charge is 0.215 e. The van der Waals surface area contributed by atoms with Crippen LogP contribution in [0.3, 0.4) is 0 Å². The monoisotopic (exact) mass is 402 g/mol. The van der Waals surface area contributed by atoms with E-state index in [1.807, 2.05) is 32.9 Å². The van der Waals surface area contributed by atoms with Crippen molar-refractivity contribution >= 4 is 11.3 Å². The lowest BCUT2D eigenvalue weighted by molar-refractivity contribution is 0.102. The zero-order chi connectivity index (χ0) is 21.1. The number of rotatable bonds is 3. The van der Waals surface area contributed by atoms with Gasteiger partial charge in [0, 0.05) is 0 Å². The van der Waals surface area contributed by atoms with Crippen molar-refractivity contribution in [3.8, 4) is 0 Å². The van der Waals surface area contributed by atoms with E-state index in [4.69, 9.17) is 0 Å². The molecule has 4 rings (SSSR count). The van der Waals surface area contributed by atoms with E-state index >= 15 is 0 Å². The minimum Gasteiger partial charge on any atom is -0.215 e. The summed E-state index contributed by atoms with van der Waals surface area (Å²) in [5.74, 6) is 1.42. The molecule has 0 N–H and O–H groups in total. The second-order valence-electron chi connectivity index (χ2n) is 10.2. The molecule has 30 heavy (non-hydrogen) atoms. The first-order valence-corrected chi connectivity index (χ1v) is 11.8. The molecule has 159 valence electrons. The molecule has 2 aromatic carbocycles. The Morgan fingerprint density at radius 1 is 0.733 bits per heavy atom. The van der Waals surface area contributed by atoms with Crippen molar-refractivity contribution in [3.63, 3.8) is 0 Å². The van der Waals surface area contributed by atoms with Gasteiger partial charge in [-0.2, -0.15) is 0 Å². The standard InChI is InChI=1S/C28H36NO/c1-28(2,3)29(30)25-19-17-24(18-20-25)27(21-11-5-4-6-12-21)26-22-13-7-8-14-23(26)16-10-9-15-22/h4-6,11-12,17-20,22-23H,7-10,13-16H2,1-3H3. The number of anilines is 1. The van der Waals surface area contributed by atoms with Gasteiger partial charge in [0.1, 0.15) is 0 Å². The Bertz CT molecular complexity index is 830. The van der Waals surface area contributed by atoms with E-state index in [9.17, 15) is 5.21 Å². The van der Waals surface area contributed by atoms with Crippen LogP contribution in [0.2, 0.25) is 0 Å². The number of fused-ring (bicyclic) bond motifs is 2. The smallest absolute Gasteiger partial charge is 0.0674 e. The second kappa shape index (κ2) is 8.98. The van der Waals surface area contributed by atoms with Gasteiger partial charge in [-0.25, -0.2) is 5.06 Å². The van der Waals surface area contributed by atoms with E-state index in [2.05, 4.69) is 42.5 Å². The lowest BCUT2D eigenvalue weighted by atomic mass is 9.78. The Morgan fingerprint density at radius 2 is 1.20 bits per heavy atom. The van der Waals surface area contributed by atoms with Gasteiger partial charge in [-0.15, -0.1) is 0 Å². The van der Waals surface area contributed by atoms with Crippen molar-refractivity contribution in [1.82, 2.24) is 0 Å². The zero-order valence-electron chi connectivity index (χ0n) is 18.9. The Morgan fingerprint density at radius 3 is 1.67 bits per heavy atom. The average molecular weight is 403 g/mol. The van der Waals surface area contributed by atoms with Crippen molar-refractivity contribution < 1.29 is 5.21 Å². The molecule has 0 atom stereocenters. The fourth-order valence-corrected chi connectivity index (χ4v) is 5.47. The van der Waals surface area contributed by atoms with Crippen LogP contribution in [0.15, 0.2) is 60.2 Å². The van der Waals surface area contributed by atoms with Crippen LogP contribution in [0.5, 0.6) is 0 Å². The molecule has 2 nitrogen and oxygen atoms in total. The number of allylic oxidation sites excluding steroid dienone is 1. The van der Waals surface area contributed by atoms with E-state index in [0.29, 0.717) is 11.8 Å². The van der Waals surface area contributed by atoms with E-state index in [-0.39, 0.29) is 0 Å². The molecule has 0 spiro atoms. The summed E-state index contributed by atoms with van der Waals surface area (Å²) < 4.78 is 0. The summed E-state index contributed by atoms with van der Waals surface area (Å²) in [6, 6.07) is 19.3. The fourth-order valence-electron chi connectivity index (χ4n) is 5.47. The van der Waals surface area contributed by atoms with Crippen LogP contribution in [0.1, 0.15) is 83.3 Å². The topological polar surface area (TPSA) is 23.1 Å². The van der Waals surface area contributed by atoms with E-state index in [1.165, 1.54) is 68.1 Å². The quantitative estimate of drug-likeness (QED) is 0.480. The first kappa shape index (κ1) is 21.2. The minimum atomic E-state index is -0.432. The third kappa shape index (κ3) is 4.49. The Kier molecular flexibility index (Phi) is 6.34. The maximum atomic E-state index is 12.7. The molecule has 2 saturated carbocycles. The van der Waals surface area contributed by atoms with Gasteiger partial charge in [0.2, 0.25) is 0 Å². The van der Waals surface area contributed by atoms with Gasteiger partial charge in [0.25, 0.3) is 0 Å². The van der Waals surface area contributed by atoms with E-state index < -0.39 is 5.54 Å². The van der Waals surface area contributed by atoms with E-state index in [0.717, 1.165) is 10.8 Å². The first-order chi connectivity index (χ1) is 14.4. The number of hydroxylamine groups is 1. The highest BCUT2D eigenvalue weighted by Gasteiger charge is 2.31. The van der Waals surface area contributed by atoms with Crippen molar-refractivity contribution in [2.45, 2.75) is 77.7 Å². The van der Waals surface area contributed by atoms with Crippen LogP contribution in [0.4, 0.5) is 5.69 Å². The van der Waals surface area contributed by atoms with E-state index in [1.54, 1.807) is 5.57 Å². The molecule has 0 amide bonds. The summed E-state index contributed by atoms with van der Waals surface area (Å²) in [5.41, 5.74) is 6.04. The molecule has 2 fully saturated rings. The molecule has 2 aromatic rings. The summed E-state index contributed by atoms with van der Waals surface area (Å²) in [4.78, 5) is 0. The van der Waals surface area contributed by atoms with Crippen LogP contribution in [-0.4, -0.2) is 5.54 Å². The van der Waals surface area contributed by atoms with Gasteiger partial charge in [0.15, 0.2) is 0 Å². The lowest BCUT2D eigenvalue weighted by Gasteiger charge is -2.29. The van der Waals surface area contributed by atoms with Gasteiger partial charge in [-0.1, -0.05) is 78.9 Å². The Labute approximate surface area is 182 Å².